The summed E-state index contributed by atoms with van der Waals surface area (Å²) in [4.78, 5) is 4.85. The van der Waals surface area contributed by atoms with E-state index in [9.17, 15) is 0 Å². The first-order valence-corrected chi connectivity index (χ1v) is 9.29. The molecule has 0 bridgehead atoms. The van der Waals surface area contributed by atoms with E-state index < -0.39 is 0 Å². The van der Waals surface area contributed by atoms with Crippen molar-refractivity contribution in [3.05, 3.63) is 53.6 Å². The molecule has 0 saturated heterocycles. The van der Waals surface area contributed by atoms with Gasteiger partial charge in [0.15, 0.2) is 5.65 Å². The molecule has 0 atom stereocenters. The van der Waals surface area contributed by atoms with Crippen molar-refractivity contribution in [3.63, 3.8) is 0 Å². The first kappa shape index (κ1) is 16.8. The summed E-state index contributed by atoms with van der Waals surface area (Å²) in [7, 11) is 0. The second-order valence-corrected chi connectivity index (χ2v) is 6.73. The summed E-state index contributed by atoms with van der Waals surface area (Å²) < 4.78 is 1.80. The minimum atomic E-state index is 0.696. The topological polar surface area (TPSA) is 55.1 Å². The van der Waals surface area contributed by atoms with Crippen LogP contribution in [0.3, 0.4) is 0 Å². The van der Waals surface area contributed by atoms with E-state index in [0.29, 0.717) is 5.02 Å². The molecule has 0 fully saturated rings. The predicted octanol–water partition coefficient (Wildman–Crippen LogP) is 5.20. The quantitative estimate of drug-likeness (QED) is 0.477. The number of nitrogens with zero attached hydrogens (tertiary/aromatic N) is 4. The molecule has 0 spiro atoms. The normalized spacial score (nSPS) is 11.3. The van der Waals surface area contributed by atoms with Gasteiger partial charge in [0, 0.05) is 22.5 Å². The van der Waals surface area contributed by atoms with Crippen molar-refractivity contribution in [2.75, 3.05) is 11.9 Å². The van der Waals surface area contributed by atoms with Crippen LogP contribution in [0.1, 0.15) is 26.2 Å². The second-order valence-electron chi connectivity index (χ2n) is 6.29. The van der Waals surface area contributed by atoms with Crippen LogP contribution in [0.2, 0.25) is 5.02 Å². The Morgan fingerprint density at radius 3 is 2.65 bits per heavy atom. The molecule has 2 heterocycles. The molecular weight excluding hydrogens is 346 g/mol. The molecule has 0 radical (unpaired) electrons. The lowest BCUT2D eigenvalue weighted by atomic mass is 10.1. The number of benzene rings is 2. The Morgan fingerprint density at radius 1 is 1.04 bits per heavy atom. The smallest absolute Gasteiger partial charge is 0.186 e. The average molecular weight is 366 g/mol. The van der Waals surface area contributed by atoms with Crippen LogP contribution in [0.25, 0.3) is 27.8 Å². The molecule has 0 aliphatic rings. The number of halogens is 1. The van der Waals surface area contributed by atoms with Crippen molar-refractivity contribution in [2.24, 2.45) is 0 Å². The number of rotatable bonds is 6. The van der Waals surface area contributed by atoms with E-state index in [0.717, 1.165) is 46.6 Å². The Bertz CT molecular complexity index is 1040. The lowest BCUT2D eigenvalue weighted by molar-refractivity contribution is 0.742. The lowest BCUT2D eigenvalue weighted by Crippen LogP contribution is -2.06. The van der Waals surface area contributed by atoms with E-state index in [2.05, 4.69) is 28.6 Å². The molecule has 0 amide bonds. The third-order valence-electron chi connectivity index (χ3n) is 4.44. The van der Waals surface area contributed by atoms with Gasteiger partial charge in [-0.05, 0) is 30.7 Å². The van der Waals surface area contributed by atoms with Gasteiger partial charge in [0.25, 0.3) is 0 Å². The summed E-state index contributed by atoms with van der Waals surface area (Å²) in [5.41, 5.74) is 3.43. The maximum absolute atomic E-state index is 6.01. The van der Waals surface area contributed by atoms with E-state index in [1.54, 1.807) is 4.52 Å². The number of hydrogen-bond acceptors (Lipinski definition) is 4. The van der Waals surface area contributed by atoms with E-state index in [1.807, 2.05) is 42.5 Å². The molecule has 0 unspecified atom stereocenters. The first-order chi connectivity index (χ1) is 12.8. The van der Waals surface area contributed by atoms with Gasteiger partial charge in [-0.2, -0.15) is 4.52 Å². The van der Waals surface area contributed by atoms with Gasteiger partial charge in [0.05, 0.1) is 5.52 Å². The minimum Gasteiger partial charge on any atom is -0.369 e. The summed E-state index contributed by atoms with van der Waals surface area (Å²) >= 11 is 6.01. The summed E-state index contributed by atoms with van der Waals surface area (Å²) in [6.07, 6.45) is 3.53. The van der Waals surface area contributed by atoms with E-state index in [-0.39, 0.29) is 0 Å². The van der Waals surface area contributed by atoms with Crippen LogP contribution >= 0.6 is 11.6 Å². The minimum absolute atomic E-state index is 0.696. The molecule has 26 heavy (non-hydrogen) atoms. The number of hydrogen-bond donors (Lipinski definition) is 1. The fraction of sp³-hybridized carbons (Fsp3) is 0.250. The Hall–Kier alpha value is -2.66. The van der Waals surface area contributed by atoms with Crippen LogP contribution in [0.15, 0.2) is 48.5 Å². The van der Waals surface area contributed by atoms with Crippen LogP contribution in [0.4, 0.5) is 5.82 Å². The molecule has 2 aromatic carbocycles. The van der Waals surface area contributed by atoms with Crippen LogP contribution < -0.4 is 5.32 Å². The van der Waals surface area contributed by atoms with Crippen LogP contribution in [0.5, 0.6) is 0 Å². The van der Waals surface area contributed by atoms with Gasteiger partial charge in [-0.3, -0.25) is 0 Å². The van der Waals surface area contributed by atoms with Gasteiger partial charge >= 0.3 is 0 Å². The van der Waals surface area contributed by atoms with E-state index in [1.165, 1.54) is 12.8 Å². The summed E-state index contributed by atoms with van der Waals surface area (Å²) in [6.45, 7) is 3.11. The number of anilines is 1. The fourth-order valence-electron chi connectivity index (χ4n) is 3.08. The number of fused-ring (bicyclic) bond motifs is 3. The third-order valence-corrected chi connectivity index (χ3v) is 4.69. The molecule has 0 aliphatic carbocycles. The average Bonchev–Trinajstić information content (AvgIpc) is 3.10. The van der Waals surface area contributed by atoms with Gasteiger partial charge in [0.1, 0.15) is 11.5 Å². The lowest BCUT2D eigenvalue weighted by Gasteiger charge is -2.10. The Balaban J connectivity index is 1.84. The molecule has 4 aromatic rings. The second kappa shape index (κ2) is 7.30. The molecule has 0 saturated carbocycles. The van der Waals surface area contributed by atoms with Crippen molar-refractivity contribution in [2.45, 2.75) is 26.2 Å². The molecule has 132 valence electrons. The Labute approximate surface area is 157 Å². The first-order valence-electron chi connectivity index (χ1n) is 8.92. The maximum Gasteiger partial charge on any atom is 0.186 e. The van der Waals surface area contributed by atoms with Crippen molar-refractivity contribution in [1.29, 1.82) is 0 Å². The van der Waals surface area contributed by atoms with Crippen LogP contribution in [-0.4, -0.2) is 26.4 Å². The number of aromatic nitrogens is 4. The molecule has 0 aliphatic heterocycles. The van der Waals surface area contributed by atoms with Gasteiger partial charge in [-0.1, -0.05) is 60.8 Å². The van der Waals surface area contributed by atoms with Crippen molar-refractivity contribution in [3.8, 4) is 11.3 Å². The zero-order chi connectivity index (χ0) is 17.9. The van der Waals surface area contributed by atoms with Gasteiger partial charge in [-0.15, -0.1) is 5.10 Å². The molecule has 6 heteroatoms. The zero-order valence-electron chi connectivity index (χ0n) is 14.6. The zero-order valence-corrected chi connectivity index (χ0v) is 15.4. The Kier molecular flexibility index (Phi) is 4.71. The maximum atomic E-state index is 6.01. The van der Waals surface area contributed by atoms with Crippen molar-refractivity contribution in [1.82, 2.24) is 19.8 Å². The largest absolute Gasteiger partial charge is 0.369 e. The molecule has 4 rings (SSSR count). The molecule has 5 nitrogen and oxygen atoms in total. The third kappa shape index (κ3) is 3.10. The number of para-hydroxylation sites is 1. The Morgan fingerprint density at radius 2 is 1.85 bits per heavy atom. The fourth-order valence-corrected chi connectivity index (χ4v) is 3.20. The highest BCUT2D eigenvalue weighted by molar-refractivity contribution is 6.30. The van der Waals surface area contributed by atoms with Gasteiger partial charge < -0.3 is 5.32 Å². The molecule has 2 aromatic heterocycles. The van der Waals surface area contributed by atoms with E-state index in [4.69, 9.17) is 16.6 Å². The molecular formula is C20H20ClN5. The summed E-state index contributed by atoms with van der Waals surface area (Å²) in [6, 6.07) is 15.7. The SMILES string of the molecule is CCCCCNc1nc2c(-c3ccc(Cl)cc3)nnn2c2ccccc12. The summed E-state index contributed by atoms with van der Waals surface area (Å²) in [5, 5.41) is 13.9. The number of unbranched alkanes of at least 4 members (excludes halogenated alkanes) is 2. The highest BCUT2D eigenvalue weighted by Crippen LogP contribution is 2.28. The monoisotopic (exact) mass is 365 g/mol. The highest BCUT2D eigenvalue weighted by Gasteiger charge is 2.15. The standard InChI is InChI=1S/C20H20ClN5/c1-2-3-6-13-22-19-16-7-4-5-8-17(16)26-20(23-19)18(24-25-26)14-9-11-15(21)12-10-14/h4-5,7-12H,2-3,6,13H2,1H3,(H,22,23). The number of nitrogens with one attached hydrogen (secondary N) is 1. The predicted molar refractivity (Wildman–Crippen MR) is 107 cm³/mol. The van der Waals surface area contributed by atoms with E-state index >= 15 is 0 Å². The summed E-state index contributed by atoms with van der Waals surface area (Å²) in [5.74, 6) is 0.877. The van der Waals surface area contributed by atoms with Gasteiger partial charge in [0.2, 0.25) is 0 Å². The van der Waals surface area contributed by atoms with Gasteiger partial charge in [-0.25, -0.2) is 4.98 Å². The van der Waals surface area contributed by atoms with Crippen LogP contribution in [-0.2, 0) is 0 Å². The van der Waals surface area contributed by atoms with Crippen molar-refractivity contribution < 1.29 is 0 Å². The highest BCUT2D eigenvalue weighted by atomic mass is 35.5. The van der Waals surface area contributed by atoms with Crippen LogP contribution in [0, 0.1) is 0 Å². The molecule has 1 N–H and O–H groups in total. The van der Waals surface area contributed by atoms with Crippen molar-refractivity contribution >= 4 is 34.0 Å².